The number of pyridine rings is 1. The van der Waals surface area contributed by atoms with Gasteiger partial charge in [0.15, 0.2) is 5.96 Å². The third-order valence-corrected chi connectivity index (χ3v) is 4.57. The summed E-state index contributed by atoms with van der Waals surface area (Å²) in [5, 5.41) is 10.4. The number of halogens is 2. The SMILES string of the molecule is CCNC(=NCCCc1nc(C)cs1)NCCc1ccc(Cl)nc1.I. The molecule has 2 rings (SSSR count). The predicted molar refractivity (Wildman–Crippen MR) is 118 cm³/mol. The van der Waals surface area contributed by atoms with Gasteiger partial charge in [0.25, 0.3) is 0 Å². The number of rotatable bonds is 8. The van der Waals surface area contributed by atoms with Gasteiger partial charge in [-0.2, -0.15) is 0 Å². The molecule has 0 bridgehead atoms. The highest BCUT2D eigenvalue weighted by atomic mass is 127. The molecule has 2 aromatic rings. The first-order valence-electron chi connectivity index (χ1n) is 8.21. The predicted octanol–water partition coefficient (Wildman–Crippen LogP) is 3.85. The summed E-state index contributed by atoms with van der Waals surface area (Å²) in [6.07, 6.45) is 4.68. The molecule has 2 aromatic heterocycles. The molecule has 25 heavy (non-hydrogen) atoms. The van der Waals surface area contributed by atoms with E-state index in [2.05, 4.69) is 37.9 Å². The van der Waals surface area contributed by atoms with Crippen LogP contribution in [0.2, 0.25) is 5.15 Å². The molecule has 5 nitrogen and oxygen atoms in total. The Labute approximate surface area is 175 Å². The minimum atomic E-state index is 0. The summed E-state index contributed by atoms with van der Waals surface area (Å²) in [7, 11) is 0. The molecule has 0 saturated carbocycles. The molecule has 2 N–H and O–H groups in total. The maximum Gasteiger partial charge on any atom is 0.191 e. The zero-order valence-electron chi connectivity index (χ0n) is 14.6. The molecule has 0 fully saturated rings. The Morgan fingerprint density at radius 2 is 2.12 bits per heavy atom. The van der Waals surface area contributed by atoms with E-state index in [1.807, 2.05) is 25.3 Å². The number of hydrogen-bond donors (Lipinski definition) is 2. The van der Waals surface area contributed by atoms with Gasteiger partial charge in [-0.05, 0) is 38.3 Å². The van der Waals surface area contributed by atoms with Crippen molar-refractivity contribution in [1.29, 1.82) is 0 Å². The van der Waals surface area contributed by atoms with E-state index < -0.39 is 0 Å². The zero-order valence-corrected chi connectivity index (χ0v) is 18.5. The van der Waals surface area contributed by atoms with Crippen molar-refractivity contribution in [3.63, 3.8) is 0 Å². The van der Waals surface area contributed by atoms with Gasteiger partial charge in [-0.15, -0.1) is 35.3 Å². The van der Waals surface area contributed by atoms with Gasteiger partial charge >= 0.3 is 0 Å². The van der Waals surface area contributed by atoms with Crippen molar-refractivity contribution in [2.75, 3.05) is 19.6 Å². The van der Waals surface area contributed by atoms with Gasteiger partial charge < -0.3 is 10.6 Å². The molecule has 0 spiro atoms. The lowest BCUT2D eigenvalue weighted by atomic mass is 10.2. The molecule has 0 radical (unpaired) electrons. The lowest BCUT2D eigenvalue weighted by molar-refractivity contribution is 0.773. The van der Waals surface area contributed by atoms with Crippen LogP contribution < -0.4 is 10.6 Å². The minimum Gasteiger partial charge on any atom is -0.357 e. The number of hydrogen-bond acceptors (Lipinski definition) is 4. The summed E-state index contributed by atoms with van der Waals surface area (Å²) in [5.74, 6) is 0.856. The highest BCUT2D eigenvalue weighted by molar-refractivity contribution is 14.0. The molecule has 2 heterocycles. The van der Waals surface area contributed by atoms with Gasteiger partial charge in [-0.1, -0.05) is 17.7 Å². The third-order valence-electron chi connectivity index (χ3n) is 3.32. The first kappa shape index (κ1) is 22.1. The molecule has 138 valence electrons. The maximum atomic E-state index is 5.79. The Morgan fingerprint density at radius 3 is 2.76 bits per heavy atom. The molecule has 0 aromatic carbocycles. The molecular weight excluding hydrogens is 469 g/mol. The van der Waals surface area contributed by atoms with Crippen molar-refractivity contribution in [1.82, 2.24) is 20.6 Å². The van der Waals surface area contributed by atoms with E-state index >= 15 is 0 Å². The smallest absolute Gasteiger partial charge is 0.191 e. The molecule has 0 unspecified atom stereocenters. The van der Waals surface area contributed by atoms with Crippen molar-refractivity contribution in [2.45, 2.75) is 33.1 Å². The van der Waals surface area contributed by atoms with Crippen molar-refractivity contribution in [3.8, 4) is 0 Å². The first-order chi connectivity index (χ1) is 11.7. The van der Waals surface area contributed by atoms with Crippen molar-refractivity contribution in [3.05, 3.63) is 45.1 Å². The number of nitrogens with one attached hydrogen (secondary N) is 2. The van der Waals surface area contributed by atoms with Crippen LogP contribution in [-0.2, 0) is 12.8 Å². The van der Waals surface area contributed by atoms with Crippen molar-refractivity contribution >= 4 is 52.9 Å². The fourth-order valence-electron chi connectivity index (χ4n) is 2.16. The summed E-state index contributed by atoms with van der Waals surface area (Å²) < 4.78 is 0. The Balaban J connectivity index is 0.00000312. The molecule has 0 aliphatic carbocycles. The second-order valence-electron chi connectivity index (χ2n) is 5.41. The molecule has 0 atom stereocenters. The fraction of sp³-hybridized carbons (Fsp3) is 0.471. The average molecular weight is 494 g/mol. The molecule has 0 aliphatic rings. The molecule has 0 aliphatic heterocycles. The standard InChI is InChI=1S/C17H24ClN5S.HI/c1-3-19-17(20-9-4-5-16-23-13(2)12-24-16)21-10-8-14-6-7-15(18)22-11-14;/h6-7,11-12H,3-5,8-10H2,1-2H3,(H2,19,20,21);1H. The summed E-state index contributed by atoms with van der Waals surface area (Å²) in [6.45, 7) is 6.54. The van der Waals surface area contributed by atoms with Crippen LogP contribution in [0.1, 0.15) is 29.6 Å². The highest BCUT2D eigenvalue weighted by Gasteiger charge is 2.00. The lowest BCUT2D eigenvalue weighted by Crippen LogP contribution is -2.38. The van der Waals surface area contributed by atoms with Crippen molar-refractivity contribution < 1.29 is 0 Å². The first-order valence-corrected chi connectivity index (χ1v) is 9.46. The van der Waals surface area contributed by atoms with E-state index in [1.54, 1.807) is 11.3 Å². The summed E-state index contributed by atoms with van der Waals surface area (Å²) >= 11 is 7.52. The number of guanidine groups is 1. The summed E-state index contributed by atoms with van der Waals surface area (Å²) in [4.78, 5) is 13.2. The second kappa shape index (κ2) is 12.4. The summed E-state index contributed by atoms with van der Waals surface area (Å²) in [5.41, 5.74) is 2.26. The van der Waals surface area contributed by atoms with Crippen LogP contribution in [0.4, 0.5) is 0 Å². The minimum absolute atomic E-state index is 0. The topological polar surface area (TPSA) is 62.2 Å². The number of aryl methyl sites for hydroxylation is 2. The van der Waals surface area contributed by atoms with Gasteiger partial charge in [0, 0.05) is 43.3 Å². The van der Waals surface area contributed by atoms with Crippen LogP contribution in [0.5, 0.6) is 0 Å². The van der Waals surface area contributed by atoms with Crippen LogP contribution in [0.15, 0.2) is 28.7 Å². The molecule has 8 heteroatoms. The van der Waals surface area contributed by atoms with Crippen LogP contribution in [0, 0.1) is 6.92 Å². The second-order valence-corrected chi connectivity index (χ2v) is 6.74. The maximum absolute atomic E-state index is 5.79. The van der Waals surface area contributed by atoms with Crippen LogP contribution >= 0.6 is 46.9 Å². The van der Waals surface area contributed by atoms with Crippen LogP contribution in [0.3, 0.4) is 0 Å². The largest absolute Gasteiger partial charge is 0.357 e. The van der Waals surface area contributed by atoms with E-state index in [0.29, 0.717) is 5.15 Å². The number of aromatic nitrogens is 2. The Morgan fingerprint density at radius 1 is 1.28 bits per heavy atom. The Kier molecular flexibility index (Phi) is 11.0. The van der Waals surface area contributed by atoms with Gasteiger partial charge in [-0.25, -0.2) is 9.97 Å². The van der Waals surface area contributed by atoms with E-state index in [9.17, 15) is 0 Å². The molecule has 0 saturated heterocycles. The summed E-state index contributed by atoms with van der Waals surface area (Å²) in [6, 6.07) is 3.81. The van der Waals surface area contributed by atoms with E-state index in [-0.39, 0.29) is 24.0 Å². The average Bonchev–Trinajstić information content (AvgIpc) is 2.99. The monoisotopic (exact) mass is 493 g/mol. The third kappa shape index (κ3) is 8.82. The normalized spacial score (nSPS) is 11.1. The van der Waals surface area contributed by atoms with Crippen molar-refractivity contribution in [2.24, 2.45) is 4.99 Å². The van der Waals surface area contributed by atoms with E-state index in [4.69, 9.17) is 11.6 Å². The van der Waals surface area contributed by atoms with Gasteiger partial charge in [0.1, 0.15) is 5.15 Å². The van der Waals surface area contributed by atoms with Gasteiger partial charge in [0.05, 0.1) is 5.01 Å². The zero-order chi connectivity index (χ0) is 17.2. The van der Waals surface area contributed by atoms with Gasteiger partial charge in [0.2, 0.25) is 0 Å². The molecule has 0 amide bonds. The van der Waals surface area contributed by atoms with E-state index in [0.717, 1.165) is 56.1 Å². The quantitative estimate of drug-likeness (QED) is 0.193. The lowest BCUT2D eigenvalue weighted by Gasteiger charge is -2.11. The Bertz CT molecular complexity index is 645. The number of aliphatic imine (C=N–C) groups is 1. The van der Waals surface area contributed by atoms with Gasteiger partial charge in [-0.3, -0.25) is 4.99 Å². The number of thiazole rings is 1. The molecular formula is C17H25ClIN5S. The highest BCUT2D eigenvalue weighted by Crippen LogP contribution is 2.10. The Hall–Kier alpha value is -0.930. The van der Waals surface area contributed by atoms with E-state index in [1.165, 1.54) is 5.01 Å². The number of nitrogens with zero attached hydrogens (tertiary/aromatic N) is 3. The van der Waals surface area contributed by atoms with Crippen LogP contribution in [-0.4, -0.2) is 35.6 Å². The van der Waals surface area contributed by atoms with Crippen LogP contribution in [0.25, 0.3) is 0 Å². The fourth-order valence-corrected chi connectivity index (χ4v) is 3.09.